The summed E-state index contributed by atoms with van der Waals surface area (Å²) in [5.41, 5.74) is 0.282. The molecule has 0 radical (unpaired) electrons. The van der Waals surface area contributed by atoms with Gasteiger partial charge in [0.2, 0.25) is 5.91 Å². The molecule has 0 bridgehead atoms. The first-order valence-corrected chi connectivity index (χ1v) is 12.1. The summed E-state index contributed by atoms with van der Waals surface area (Å²) in [5, 5.41) is 3.15. The Morgan fingerprint density at radius 1 is 1.39 bits per heavy atom. The molecule has 0 unspecified atom stereocenters. The van der Waals surface area contributed by atoms with Crippen LogP contribution in [0.4, 0.5) is 10.1 Å². The fourth-order valence-corrected chi connectivity index (χ4v) is 5.49. The largest absolute Gasteiger partial charge is 0.483 e. The number of likely N-dealkylation sites (N-methyl/N-ethyl adjacent to an activating group) is 2. The maximum absolute atomic E-state index is 13.4. The smallest absolute Gasteiger partial charge is 0.280 e. The molecule has 12 heteroatoms. The van der Waals surface area contributed by atoms with Crippen LogP contribution in [0.2, 0.25) is 5.02 Å². The Bertz CT molecular complexity index is 1050. The van der Waals surface area contributed by atoms with Gasteiger partial charge < -0.3 is 15.0 Å². The molecule has 3 rings (SSSR count). The fourth-order valence-electron chi connectivity index (χ4n) is 3.02. The van der Waals surface area contributed by atoms with Crippen molar-refractivity contribution in [2.45, 2.75) is 18.5 Å². The molecule has 1 aliphatic rings. The van der Waals surface area contributed by atoms with Crippen LogP contribution < -0.4 is 14.8 Å². The lowest BCUT2D eigenvalue weighted by Gasteiger charge is -2.35. The van der Waals surface area contributed by atoms with Gasteiger partial charge in [-0.3, -0.25) is 4.79 Å². The van der Waals surface area contributed by atoms with Crippen molar-refractivity contribution >= 4 is 44.7 Å². The van der Waals surface area contributed by atoms with Crippen LogP contribution in [0.1, 0.15) is 17.3 Å². The molecule has 2 atom stereocenters. The lowest BCUT2D eigenvalue weighted by molar-refractivity contribution is -0.120. The Labute approximate surface area is 190 Å². The maximum atomic E-state index is 13.4. The average Bonchev–Trinajstić information content (AvgIpc) is 3.15. The van der Waals surface area contributed by atoms with Crippen LogP contribution in [-0.4, -0.2) is 63.9 Å². The van der Waals surface area contributed by atoms with E-state index < -0.39 is 34.0 Å². The minimum absolute atomic E-state index is 0.137. The van der Waals surface area contributed by atoms with Gasteiger partial charge in [0, 0.05) is 24.2 Å². The molecule has 170 valence electrons. The van der Waals surface area contributed by atoms with Gasteiger partial charge in [-0.05, 0) is 50.8 Å². The maximum Gasteiger partial charge on any atom is 0.280 e. The van der Waals surface area contributed by atoms with E-state index in [0.29, 0.717) is 11.7 Å². The highest BCUT2D eigenvalue weighted by molar-refractivity contribution is 7.87. The highest BCUT2D eigenvalue weighted by Gasteiger charge is 2.41. The molecule has 0 aliphatic carbocycles. The number of carbonyl (C=O) groups excluding carboxylic acids is 1. The minimum atomic E-state index is -3.88. The second kappa shape index (κ2) is 9.80. The van der Waals surface area contributed by atoms with Gasteiger partial charge >= 0.3 is 0 Å². The van der Waals surface area contributed by atoms with E-state index in [4.69, 9.17) is 16.3 Å². The van der Waals surface area contributed by atoms with E-state index in [1.54, 1.807) is 12.1 Å². The lowest BCUT2D eigenvalue weighted by Crippen LogP contribution is -2.55. The fraction of sp³-hybridized carbons (Fsp3) is 0.421. The van der Waals surface area contributed by atoms with Crippen LogP contribution in [0.15, 0.2) is 30.3 Å². The molecule has 2 aromatic rings. The molecule has 8 nitrogen and oxygen atoms in total. The summed E-state index contributed by atoms with van der Waals surface area (Å²) in [6.45, 7) is 1.26. The molecule has 1 aliphatic heterocycles. The number of amides is 1. The number of hydrogen-bond donors (Lipinski definition) is 2. The van der Waals surface area contributed by atoms with E-state index in [0.717, 1.165) is 21.8 Å². The van der Waals surface area contributed by atoms with Crippen molar-refractivity contribution in [3.63, 3.8) is 0 Å². The summed E-state index contributed by atoms with van der Waals surface area (Å²) in [5.74, 6) is -1.14. The first-order chi connectivity index (χ1) is 14.6. The van der Waals surface area contributed by atoms with E-state index in [-0.39, 0.29) is 17.1 Å². The Hall–Kier alpha value is -1.76. The summed E-state index contributed by atoms with van der Waals surface area (Å²) < 4.78 is 47.9. The predicted octanol–water partition coefficient (Wildman–Crippen LogP) is 2.70. The van der Waals surface area contributed by atoms with Gasteiger partial charge in [-0.1, -0.05) is 11.6 Å². The molecule has 1 aromatic carbocycles. The number of carbonyl (C=O) groups is 1. The number of halogens is 2. The van der Waals surface area contributed by atoms with E-state index in [1.807, 2.05) is 19.0 Å². The van der Waals surface area contributed by atoms with Crippen LogP contribution in [-0.2, 0) is 15.0 Å². The molecule has 1 fully saturated rings. The molecule has 2 N–H and O–H groups in total. The number of hydrogen-bond acceptors (Lipinski definition) is 6. The van der Waals surface area contributed by atoms with E-state index in [1.165, 1.54) is 30.5 Å². The third kappa shape index (κ3) is 5.93. The molecule has 0 saturated carbocycles. The molecule has 2 heterocycles. The lowest BCUT2D eigenvalue weighted by atomic mass is 10.1. The topological polar surface area (TPSA) is 91.0 Å². The number of ether oxygens (including phenoxy) is 1. The van der Waals surface area contributed by atoms with Gasteiger partial charge in [0.05, 0.1) is 11.1 Å². The molecular formula is C19H24ClFN4O4S2. The number of rotatable bonds is 7. The summed E-state index contributed by atoms with van der Waals surface area (Å²) in [6, 6.07) is 5.82. The van der Waals surface area contributed by atoms with Crippen LogP contribution in [0.5, 0.6) is 5.06 Å². The second-order valence-corrected chi connectivity index (χ2v) is 10.6. The van der Waals surface area contributed by atoms with Crippen LogP contribution in [0.3, 0.4) is 0 Å². The van der Waals surface area contributed by atoms with Crippen molar-refractivity contribution in [2.75, 3.05) is 39.6 Å². The van der Waals surface area contributed by atoms with Gasteiger partial charge in [-0.15, -0.1) is 11.3 Å². The van der Waals surface area contributed by atoms with E-state index in [9.17, 15) is 17.6 Å². The molecule has 1 saturated heterocycles. The molecule has 1 aromatic heterocycles. The summed E-state index contributed by atoms with van der Waals surface area (Å²) in [4.78, 5) is 15.6. The third-order valence-electron chi connectivity index (χ3n) is 4.79. The minimum Gasteiger partial charge on any atom is -0.483 e. The van der Waals surface area contributed by atoms with Crippen molar-refractivity contribution in [3.05, 3.63) is 46.0 Å². The Balaban J connectivity index is 1.73. The van der Waals surface area contributed by atoms with Gasteiger partial charge in [0.1, 0.15) is 18.5 Å². The van der Waals surface area contributed by atoms with Crippen molar-refractivity contribution in [1.82, 2.24) is 13.9 Å². The number of benzene rings is 1. The molecule has 1 amide bonds. The van der Waals surface area contributed by atoms with Crippen molar-refractivity contribution in [2.24, 2.45) is 0 Å². The van der Waals surface area contributed by atoms with Crippen LogP contribution >= 0.6 is 22.9 Å². The quantitative estimate of drug-likeness (QED) is 0.622. The zero-order chi connectivity index (χ0) is 22.8. The van der Waals surface area contributed by atoms with Crippen LogP contribution in [0.25, 0.3) is 0 Å². The molecule has 0 spiro atoms. The van der Waals surface area contributed by atoms with Gasteiger partial charge in [-0.25, -0.2) is 4.39 Å². The number of anilines is 1. The van der Waals surface area contributed by atoms with Gasteiger partial charge in [0.15, 0.2) is 5.06 Å². The zero-order valence-electron chi connectivity index (χ0n) is 17.3. The highest BCUT2D eigenvalue weighted by atomic mass is 35.5. The zero-order valence-corrected chi connectivity index (χ0v) is 19.7. The Kier molecular flexibility index (Phi) is 7.55. The normalized spacial score (nSPS) is 21.2. The van der Waals surface area contributed by atoms with Crippen molar-refractivity contribution < 1.29 is 22.3 Å². The summed E-state index contributed by atoms with van der Waals surface area (Å²) in [6.07, 6.45) is 0.216. The van der Waals surface area contributed by atoms with E-state index >= 15 is 0 Å². The third-order valence-corrected chi connectivity index (χ3v) is 7.78. The standard InChI is InChI=1S/C19H24ClFN4O4S2/c1-24(2)8-9-29-18-7-6-17(30-18)15-11-16(25(3)31(27,28)23-15)19(26)22-12-4-5-14(21)13(20)10-12/h4-7,10,15-16,23H,8-9,11H2,1-3H3,(H,22,26)/t15-,16+/m1/s1. The highest BCUT2D eigenvalue weighted by Crippen LogP contribution is 2.35. The average molecular weight is 491 g/mol. The first kappa shape index (κ1) is 23.9. The molecular weight excluding hydrogens is 467 g/mol. The summed E-state index contributed by atoms with van der Waals surface area (Å²) >= 11 is 7.10. The second-order valence-electron chi connectivity index (χ2n) is 7.37. The number of thiophene rings is 1. The van der Waals surface area contributed by atoms with E-state index in [2.05, 4.69) is 10.0 Å². The number of nitrogens with zero attached hydrogens (tertiary/aromatic N) is 2. The van der Waals surface area contributed by atoms with Crippen molar-refractivity contribution in [1.29, 1.82) is 0 Å². The molecule has 31 heavy (non-hydrogen) atoms. The van der Waals surface area contributed by atoms with Gasteiger partial charge in [0.25, 0.3) is 10.2 Å². The van der Waals surface area contributed by atoms with Crippen LogP contribution in [0, 0.1) is 5.82 Å². The Morgan fingerprint density at radius 2 is 2.13 bits per heavy atom. The SMILES string of the molecule is CN(C)CCOc1ccc([C@H]2C[C@@H](C(=O)Nc3ccc(F)c(Cl)c3)N(C)S(=O)(=O)N2)s1. The first-order valence-electron chi connectivity index (χ1n) is 9.45. The van der Waals surface area contributed by atoms with Crippen molar-refractivity contribution in [3.8, 4) is 5.06 Å². The monoisotopic (exact) mass is 490 g/mol. The summed E-state index contributed by atoms with van der Waals surface area (Å²) in [7, 11) is 1.35. The predicted molar refractivity (Wildman–Crippen MR) is 119 cm³/mol. The Morgan fingerprint density at radius 3 is 2.81 bits per heavy atom. The van der Waals surface area contributed by atoms with Gasteiger partial charge in [-0.2, -0.15) is 17.4 Å². The number of nitrogens with one attached hydrogen (secondary N) is 2.